The van der Waals surface area contributed by atoms with E-state index in [0.717, 1.165) is 4.88 Å². The number of aryl methyl sites for hydroxylation is 2. The Morgan fingerprint density at radius 1 is 1.38 bits per heavy atom. The van der Waals surface area contributed by atoms with Crippen LogP contribution in [0.1, 0.15) is 17.1 Å². The van der Waals surface area contributed by atoms with Crippen LogP contribution in [0.15, 0.2) is 28.7 Å². The predicted molar refractivity (Wildman–Crippen MR) is 94.9 cm³/mol. The van der Waals surface area contributed by atoms with Crippen molar-refractivity contribution in [2.24, 2.45) is 7.05 Å². The maximum atomic E-state index is 12.0. The molecule has 1 amide bonds. The van der Waals surface area contributed by atoms with E-state index in [0.29, 0.717) is 12.4 Å². The fourth-order valence-corrected chi connectivity index (χ4v) is 3.60. The van der Waals surface area contributed by atoms with E-state index in [1.54, 1.807) is 18.5 Å². The SMILES string of the molecule is Cc1nc(S(=O)(=O)NCCC(=O)OCC(=O)NCc2cccs2)cn1C. The lowest BCUT2D eigenvalue weighted by atomic mass is 10.4. The number of nitrogens with zero attached hydrogens (tertiary/aromatic N) is 2. The second-order valence-corrected chi connectivity index (χ2v) is 8.15. The Bertz CT molecular complexity index is 839. The predicted octanol–water partition coefficient (Wildman–Crippen LogP) is 0.318. The molecule has 0 aromatic carbocycles. The molecule has 0 unspecified atom stereocenters. The van der Waals surface area contributed by atoms with Crippen LogP contribution in [0.5, 0.6) is 0 Å². The van der Waals surface area contributed by atoms with E-state index in [1.807, 2.05) is 17.5 Å². The normalized spacial score (nSPS) is 11.3. The summed E-state index contributed by atoms with van der Waals surface area (Å²) in [5, 5.41) is 4.41. The van der Waals surface area contributed by atoms with Gasteiger partial charge in [-0.2, -0.15) is 0 Å². The Morgan fingerprint density at radius 3 is 2.77 bits per heavy atom. The van der Waals surface area contributed by atoms with Gasteiger partial charge in [-0.25, -0.2) is 18.1 Å². The highest BCUT2D eigenvalue weighted by Gasteiger charge is 2.18. The molecule has 0 saturated heterocycles. The molecule has 0 saturated carbocycles. The maximum Gasteiger partial charge on any atom is 0.307 e. The first-order chi connectivity index (χ1) is 12.3. The molecule has 0 atom stereocenters. The maximum absolute atomic E-state index is 12.0. The summed E-state index contributed by atoms with van der Waals surface area (Å²) in [6.45, 7) is 1.50. The first kappa shape index (κ1) is 20.1. The lowest BCUT2D eigenvalue weighted by Crippen LogP contribution is -2.30. The van der Waals surface area contributed by atoms with E-state index in [2.05, 4.69) is 15.0 Å². The Hall–Kier alpha value is -2.24. The van der Waals surface area contributed by atoms with Crippen molar-refractivity contribution < 1.29 is 22.7 Å². The van der Waals surface area contributed by atoms with E-state index < -0.39 is 28.5 Å². The zero-order valence-electron chi connectivity index (χ0n) is 14.4. The lowest BCUT2D eigenvalue weighted by Gasteiger charge is -2.06. The van der Waals surface area contributed by atoms with E-state index in [1.165, 1.54) is 17.5 Å². The number of hydrogen-bond donors (Lipinski definition) is 2. The van der Waals surface area contributed by atoms with E-state index in [-0.39, 0.29) is 18.0 Å². The Labute approximate surface area is 155 Å². The molecular weight excluding hydrogens is 380 g/mol. The largest absolute Gasteiger partial charge is 0.456 e. The van der Waals surface area contributed by atoms with Gasteiger partial charge in [-0.3, -0.25) is 9.59 Å². The number of nitrogens with one attached hydrogen (secondary N) is 2. The molecule has 0 spiro atoms. The topological polar surface area (TPSA) is 119 Å². The third-order valence-electron chi connectivity index (χ3n) is 3.39. The summed E-state index contributed by atoms with van der Waals surface area (Å²) in [4.78, 5) is 28.1. The highest BCUT2D eigenvalue weighted by Crippen LogP contribution is 2.08. The van der Waals surface area contributed by atoms with Gasteiger partial charge in [0.2, 0.25) is 0 Å². The Balaban J connectivity index is 1.67. The molecule has 2 aromatic rings. The van der Waals surface area contributed by atoms with Crippen LogP contribution in [-0.4, -0.2) is 43.0 Å². The van der Waals surface area contributed by atoms with Crippen LogP contribution in [0.4, 0.5) is 0 Å². The monoisotopic (exact) mass is 400 g/mol. The van der Waals surface area contributed by atoms with Crippen LogP contribution in [0.25, 0.3) is 0 Å². The Kier molecular flexibility index (Phi) is 6.89. The summed E-state index contributed by atoms with van der Waals surface area (Å²) >= 11 is 1.51. The molecule has 2 rings (SSSR count). The van der Waals surface area contributed by atoms with Gasteiger partial charge in [0.05, 0.1) is 13.0 Å². The van der Waals surface area contributed by atoms with Crippen molar-refractivity contribution in [3.63, 3.8) is 0 Å². The Morgan fingerprint density at radius 2 is 2.15 bits per heavy atom. The smallest absolute Gasteiger partial charge is 0.307 e. The molecule has 11 heteroatoms. The molecule has 9 nitrogen and oxygen atoms in total. The number of amides is 1. The van der Waals surface area contributed by atoms with Gasteiger partial charge in [0, 0.05) is 24.7 Å². The van der Waals surface area contributed by atoms with Gasteiger partial charge in [-0.1, -0.05) is 6.07 Å². The van der Waals surface area contributed by atoms with Gasteiger partial charge in [0.25, 0.3) is 15.9 Å². The van der Waals surface area contributed by atoms with Crippen LogP contribution in [0.3, 0.4) is 0 Å². The van der Waals surface area contributed by atoms with Crippen LogP contribution in [0.2, 0.25) is 0 Å². The second kappa shape index (κ2) is 8.92. The number of rotatable bonds is 9. The minimum Gasteiger partial charge on any atom is -0.456 e. The molecule has 0 aliphatic heterocycles. The number of sulfonamides is 1. The summed E-state index contributed by atoms with van der Waals surface area (Å²) in [6, 6.07) is 3.76. The molecule has 0 aliphatic rings. The van der Waals surface area contributed by atoms with Crippen LogP contribution in [0, 0.1) is 6.92 Å². The average molecular weight is 400 g/mol. The highest BCUT2D eigenvalue weighted by atomic mass is 32.2. The molecule has 2 heterocycles. The molecule has 0 aliphatic carbocycles. The number of imidazole rings is 1. The van der Waals surface area contributed by atoms with Crippen molar-refractivity contribution in [2.45, 2.75) is 24.9 Å². The molecule has 0 radical (unpaired) electrons. The fraction of sp³-hybridized carbons (Fsp3) is 0.400. The zero-order valence-corrected chi connectivity index (χ0v) is 16.0. The fourth-order valence-electron chi connectivity index (χ4n) is 1.89. The van der Waals surface area contributed by atoms with Gasteiger partial charge in [0.1, 0.15) is 5.82 Å². The van der Waals surface area contributed by atoms with E-state index >= 15 is 0 Å². The van der Waals surface area contributed by atoms with Crippen molar-refractivity contribution in [1.29, 1.82) is 0 Å². The summed E-state index contributed by atoms with van der Waals surface area (Å²) in [7, 11) is -2.11. The van der Waals surface area contributed by atoms with Crippen LogP contribution >= 0.6 is 11.3 Å². The zero-order chi connectivity index (χ0) is 19.2. The molecule has 0 fully saturated rings. The van der Waals surface area contributed by atoms with Crippen molar-refractivity contribution in [1.82, 2.24) is 19.6 Å². The van der Waals surface area contributed by atoms with Crippen molar-refractivity contribution >= 4 is 33.2 Å². The summed E-state index contributed by atoms with van der Waals surface area (Å²) < 4.78 is 32.8. The molecular formula is C15H20N4O5S2. The number of carbonyl (C=O) groups excluding carboxylic acids is 2. The first-order valence-electron chi connectivity index (χ1n) is 7.72. The lowest BCUT2D eigenvalue weighted by molar-refractivity contribution is -0.148. The summed E-state index contributed by atoms with van der Waals surface area (Å²) in [5.41, 5.74) is 0. The van der Waals surface area contributed by atoms with Gasteiger partial charge < -0.3 is 14.6 Å². The minimum absolute atomic E-state index is 0.112. The standard InChI is InChI=1S/C15H20N4O5S2/c1-11-18-14(9-19(11)2)26(22,23)17-6-5-15(21)24-10-13(20)16-8-12-4-3-7-25-12/h3-4,7,9,17H,5-6,8,10H2,1-2H3,(H,16,20). The van der Waals surface area contributed by atoms with E-state index in [9.17, 15) is 18.0 Å². The van der Waals surface area contributed by atoms with Crippen molar-refractivity contribution in [2.75, 3.05) is 13.2 Å². The molecule has 0 bridgehead atoms. The molecule has 2 N–H and O–H groups in total. The number of ether oxygens (including phenoxy) is 1. The van der Waals surface area contributed by atoms with Crippen molar-refractivity contribution in [3.8, 4) is 0 Å². The number of aromatic nitrogens is 2. The average Bonchev–Trinajstić information content (AvgIpc) is 3.21. The second-order valence-electron chi connectivity index (χ2n) is 5.40. The van der Waals surface area contributed by atoms with Gasteiger partial charge in [0.15, 0.2) is 11.6 Å². The summed E-state index contributed by atoms with van der Waals surface area (Å²) in [6.07, 6.45) is 1.19. The third-order valence-corrected chi connectivity index (χ3v) is 5.60. The first-order valence-corrected chi connectivity index (χ1v) is 10.1. The number of carbonyl (C=O) groups is 2. The molecule has 142 valence electrons. The molecule has 2 aromatic heterocycles. The van der Waals surface area contributed by atoms with Crippen molar-refractivity contribution in [3.05, 3.63) is 34.4 Å². The minimum atomic E-state index is -3.79. The van der Waals surface area contributed by atoms with Gasteiger partial charge >= 0.3 is 5.97 Å². The number of esters is 1. The summed E-state index contributed by atoms with van der Waals surface area (Å²) in [5.74, 6) is -0.536. The quantitative estimate of drug-likeness (QED) is 0.585. The number of hydrogen-bond acceptors (Lipinski definition) is 7. The van der Waals surface area contributed by atoms with Crippen LogP contribution in [-0.2, 0) is 37.9 Å². The van der Waals surface area contributed by atoms with Crippen LogP contribution < -0.4 is 10.0 Å². The number of thiophene rings is 1. The third kappa shape index (κ3) is 5.93. The highest BCUT2D eigenvalue weighted by molar-refractivity contribution is 7.89. The molecule has 26 heavy (non-hydrogen) atoms. The van der Waals surface area contributed by atoms with E-state index in [4.69, 9.17) is 4.74 Å². The van der Waals surface area contributed by atoms with Gasteiger partial charge in [-0.15, -0.1) is 11.3 Å². The van der Waals surface area contributed by atoms with Gasteiger partial charge in [-0.05, 0) is 18.4 Å².